The van der Waals surface area contributed by atoms with Gasteiger partial charge in [-0.05, 0) is 67.9 Å². The van der Waals surface area contributed by atoms with E-state index in [9.17, 15) is 0 Å². The van der Waals surface area contributed by atoms with E-state index < -0.39 is 0 Å². The van der Waals surface area contributed by atoms with Gasteiger partial charge in [-0.15, -0.1) is 11.3 Å². The molecule has 0 radical (unpaired) electrons. The standard InChI is InChI=1S/C42H34N4S/c1-27-21-22-33-31-16-9-11-19-37(31)47-41(33)39(27)36-18-12-20-38(44(36)4)46(29-13-6-5-7-14-29)34-24-23-32-30-15-8-10-17-35(30)45-26-25-43(3)42(45)40(32)28(34)2/h5-26H,1-4H3/q+2. The molecular formula is C42H34N4S+2. The quantitative estimate of drug-likeness (QED) is 0.140. The number of benzene rings is 5. The molecule has 4 nitrogen and oxygen atoms in total. The second-order valence-corrected chi connectivity index (χ2v) is 13.5. The minimum Gasteiger partial charge on any atom is -0.232 e. The molecule has 0 aliphatic heterocycles. The first kappa shape index (κ1) is 27.8. The molecule has 0 bridgehead atoms. The number of imidazole rings is 1. The number of pyridine rings is 2. The Morgan fingerprint density at radius 1 is 0.660 bits per heavy atom. The number of anilines is 3. The van der Waals surface area contributed by atoms with Gasteiger partial charge in [0.1, 0.15) is 35.0 Å². The van der Waals surface area contributed by atoms with E-state index in [1.807, 2.05) is 11.3 Å². The molecule has 0 N–H and O–H groups in total. The third-order valence-electron chi connectivity index (χ3n) is 9.82. The Kier molecular flexibility index (Phi) is 6.21. The summed E-state index contributed by atoms with van der Waals surface area (Å²) in [6.45, 7) is 4.52. The van der Waals surface area contributed by atoms with Gasteiger partial charge < -0.3 is 0 Å². The van der Waals surface area contributed by atoms with Crippen LogP contribution < -0.4 is 14.0 Å². The van der Waals surface area contributed by atoms with Crippen molar-refractivity contribution in [3.63, 3.8) is 0 Å². The number of aryl methyl sites for hydroxylation is 3. The number of thiophene rings is 1. The molecule has 9 rings (SSSR count). The maximum absolute atomic E-state index is 2.42. The zero-order chi connectivity index (χ0) is 31.8. The summed E-state index contributed by atoms with van der Waals surface area (Å²) in [5, 5.41) is 6.42. The van der Waals surface area contributed by atoms with E-state index in [2.05, 4.69) is 180 Å². The van der Waals surface area contributed by atoms with Crippen LogP contribution in [0.25, 0.3) is 58.8 Å². The first-order valence-corrected chi connectivity index (χ1v) is 16.9. The van der Waals surface area contributed by atoms with Crippen molar-refractivity contribution in [1.29, 1.82) is 0 Å². The summed E-state index contributed by atoms with van der Waals surface area (Å²) in [6.07, 6.45) is 4.33. The average Bonchev–Trinajstić information content (AvgIpc) is 3.68. The predicted molar refractivity (Wildman–Crippen MR) is 197 cm³/mol. The summed E-state index contributed by atoms with van der Waals surface area (Å²) < 4.78 is 9.60. The van der Waals surface area contributed by atoms with E-state index >= 15 is 0 Å². The van der Waals surface area contributed by atoms with Crippen molar-refractivity contribution in [3.8, 4) is 11.3 Å². The number of rotatable bonds is 4. The lowest BCUT2D eigenvalue weighted by Crippen LogP contribution is -2.37. The van der Waals surface area contributed by atoms with Crippen molar-refractivity contribution in [3.05, 3.63) is 145 Å². The lowest BCUT2D eigenvalue weighted by atomic mass is 9.99. The van der Waals surface area contributed by atoms with Gasteiger partial charge in [0.2, 0.25) is 0 Å². The third-order valence-corrected chi connectivity index (χ3v) is 11.0. The third kappa shape index (κ3) is 4.06. The number of nitrogens with zero attached hydrogens (tertiary/aromatic N) is 4. The molecule has 9 aromatic rings. The van der Waals surface area contributed by atoms with Gasteiger partial charge in [-0.3, -0.25) is 0 Å². The smallest absolute Gasteiger partial charge is 0.232 e. The van der Waals surface area contributed by atoms with Crippen LogP contribution in [0.1, 0.15) is 11.1 Å². The monoisotopic (exact) mass is 626 g/mol. The SMILES string of the molecule is Cc1ccc2c(sc3ccccc32)c1-c1cccc(N(c2ccccc2)c2ccc3c4ccccc4n4cc[n+](C)c4c3c2C)[n+]1C. The summed E-state index contributed by atoms with van der Waals surface area (Å²) in [4.78, 5) is 2.42. The minimum atomic E-state index is 1.10. The molecule has 226 valence electrons. The van der Waals surface area contributed by atoms with Gasteiger partial charge in [0.15, 0.2) is 0 Å². The number of para-hydroxylation sites is 2. The second-order valence-electron chi connectivity index (χ2n) is 12.5. The number of aromatic nitrogens is 3. The van der Waals surface area contributed by atoms with E-state index in [4.69, 9.17) is 0 Å². The normalized spacial score (nSPS) is 11.8. The highest BCUT2D eigenvalue weighted by Crippen LogP contribution is 2.43. The van der Waals surface area contributed by atoms with Crippen LogP contribution in [0.3, 0.4) is 0 Å². The fourth-order valence-corrected chi connectivity index (χ4v) is 8.87. The Bertz CT molecular complexity index is 2680. The van der Waals surface area contributed by atoms with E-state index in [-0.39, 0.29) is 0 Å². The molecule has 0 amide bonds. The summed E-state index contributed by atoms with van der Waals surface area (Å²) in [7, 11) is 4.35. The highest BCUT2D eigenvalue weighted by Gasteiger charge is 2.30. The molecule has 5 heteroatoms. The Morgan fingerprint density at radius 3 is 2.26 bits per heavy atom. The van der Waals surface area contributed by atoms with Gasteiger partial charge in [0.25, 0.3) is 11.5 Å². The van der Waals surface area contributed by atoms with Crippen molar-refractivity contribution in [1.82, 2.24) is 4.40 Å². The van der Waals surface area contributed by atoms with Crippen LogP contribution in [0.5, 0.6) is 0 Å². The minimum absolute atomic E-state index is 1.10. The van der Waals surface area contributed by atoms with Gasteiger partial charge in [0, 0.05) is 48.1 Å². The predicted octanol–water partition coefficient (Wildman–Crippen LogP) is 10.0. The molecule has 4 aromatic heterocycles. The fraction of sp³-hybridized carbons (Fsp3) is 0.0952. The topological polar surface area (TPSA) is 15.4 Å². The summed E-state index contributed by atoms with van der Waals surface area (Å²) in [6, 6.07) is 44.2. The first-order valence-electron chi connectivity index (χ1n) is 16.1. The van der Waals surface area contributed by atoms with Crippen LogP contribution in [0, 0.1) is 13.8 Å². The second kappa shape index (κ2) is 10.5. The number of fused-ring (bicyclic) bond motifs is 9. The lowest BCUT2D eigenvalue weighted by molar-refractivity contribution is -0.647. The molecule has 0 saturated heterocycles. The Balaban J connectivity index is 1.33. The zero-order valence-electron chi connectivity index (χ0n) is 26.9. The summed E-state index contributed by atoms with van der Waals surface area (Å²) >= 11 is 1.89. The van der Waals surface area contributed by atoms with Crippen LogP contribution in [0.4, 0.5) is 17.2 Å². The van der Waals surface area contributed by atoms with E-state index in [0.717, 1.165) is 17.2 Å². The highest BCUT2D eigenvalue weighted by atomic mass is 32.1. The largest absolute Gasteiger partial charge is 0.294 e. The van der Waals surface area contributed by atoms with Gasteiger partial charge in [-0.25, -0.2) is 9.13 Å². The average molecular weight is 627 g/mol. The Hall–Kier alpha value is -5.52. The molecule has 0 unspecified atom stereocenters. The number of hydrogen-bond donors (Lipinski definition) is 0. The molecular weight excluding hydrogens is 593 g/mol. The summed E-state index contributed by atoms with van der Waals surface area (Å²) in [5.74, 6) is 1.10. The molecule has 0 saturated carbocycles. The summed E-state index contributed by atoms with van der Waals surface area (Å²) in [5.41, 5.74) is 9.70. The van der Waals surface area contributed by atoms with Crippen molar-refractivity contribution < 1.29 is 9.13 Å². The molecule has 0 atom stereocenters. The van der Waals surface area contributed by atoms with Crippen LogP contribution >= 0.6 is 11.3 Å². The Labute approximate surface area is 277 Å². The van der Waals surface area contributed by atoms with Gasteiger partial charge >= 0.3 is 0 Å². The maximum atomic E-state index is 2.42. The van der Waals surface area contributed by atoms with Crippen molar-refractivity contribution in [2.45, 2.75) is 13.8 Å². The Morgan fingerprint density at radius 2 is 1.40 bits per heavy atom. The lowest BCUT2D eigenvalue weighted by Gasteiger charge is -2.22. The maximum Gasteiger partial charge on any atom is 0.294 e. The van der Waals surface area contributed by atoms with E-state index in [1.54, 1.807) is 0 Å². The van der Waals surface area contributed by atoms with Crippen LogP contribution in [-0.4, -0.2) is 4.40 Å². The number of hydrogen-bond acceptors (Lipinski definition) is 2. The molecule has 0 aliphatic carbocycles. The molecule has 0 aliphatic rings. The molecule has 0 fully saturated rings. The van der Waals surface area contributed by atoms with Gasteiger partial charge in [-0.1, -0.05) is 66.7 Å². The molecule has 5 aromatic carbocycles. The van der Waals surface area contributed by atoms with Gasteiger partial charge in [-0.2, -0.15) is 9.30 Å². The van der Waals surface area contributed by atoms with E-state index in [0.29, 0.717) is 0 Å². The van der Waals surface area contributed by atoms with Crippen molar-refractivity contribution >= 4 is 76.0 Å². The van der Waals surface area contributed by atoms with Crippen molar-refractivity contribution in [2.75, 3.05) is 4.90 Å². The molecule has 0 spiro atoms. The van der Waals surface area contributed by atoms with E-state index in [1.165, 1.54) is 69.9 Å². The van der Waals surface area contributed by atoms with Crippen LogP contribution in [0.15, 0.2) is 134 Å². The highest BCUT2D eigenvalue weighted by molar-refractivity contribution is 7.26. The van der Waals surface area contributed by atoms with Crippen LogP contribution in [-0.2, 0) is 14.1 Å². The zero-order valence-corrected chi connectivity index (χ0v) is 27.7. The van der Waals surface area contributed by atoms with Crippen molar-refractivity contribution in [2.24, 2.45) is 14.1 Å². The van der Waals surface area contributed by atoms with Gasteiger partial charge in [0.05, 0.1) is 19.5 Å². The fourth-order valence-electron chi connectivity index (χ4n) is 7.56. The first-order chi connectivity index (χ1) is 23.0. The van der Waals surface area contributed by atoms with Crippen LogP contribution in [0.2, 0.25) is 0 Å². The molecule has 47 heavy (non-hydrogen) atoms. The molecule has 4 heterocycles.